The van der Waals surface area contributed by atoms with Gasteiger partial charge in [-0.2, -0.15) is 18.4 Å². The maximum Gasteiger partial charge on any atom is 0.394 e. The van der Waals surface area contributed by atoms with Crippen molar-refractivity contribution in [2.24, 2.45) is 5.92 Å². The van der Waals surface area contributed by atoms with Crippen molar-refractivity contribution >= 4 is 16.5 Å². The first-order valence-corrected chi connectivity index (χ1v) is 10.1. The van der Waals surface area contributed by atoms with E-state index < -0.39 is 18.1 Å². The number of nitriles is 1. The number of nitrogens with one attached hydrogen (secondary N) is 1. The van der Waals surface area contributed by atoms with Gasteiger partial charge in [-0.3, -0.25) is 0 Å². The van der Waals surface area contributed by atoms with Gasteiger partial charge in [-0.15, -0.1) is 0 Å². The van der Waals surface area contributed by atoms with Crippen molar-refractivity contribution in [3.8, 4) is 6.07 Å². The minimum Gasteiger partial charge on any atom is -0.377 e. The van der Waals surface area contributed by atoms with Crippen LogP contribution >= 0.6 is 0 Å². The lowest BCUT2D eigenvalue weighted by molar-refractivity contribution is -0.182. The fourth-order valence-electron chi connectivity index (χ4n) is 4.87. The number of anilines is 1. The standard InChI is InChI=1S/C25H23F3N2/c1-14-15(2)23-18(16(3)20(14)13-29)11-12-21(25(26,27)28)24(23)30-22-10-6-8-17-7-4-5-9-19(17)22/h4-10,21,24,30H,11-12H2,1-3H3. The zero-order valence-corrected chi connectivity index (χ0v) is 17.2. The topological polar surface area (TPSA) is 35.8 Å². The lowest BCUT2D eigenvalue weighted by Crippen LogP contribution is -2.38. The van der Waals surface area contributed by atoms with Crippen molar-refractivity contribution in [1.29, 1.82) is 5.26 Å². The van der Waals surface area contributed by atoms with Crippen LogP contribution in [-0.2, 0) is 6.42 Å². The van der Waals surface area contributed by atoms with Gasteiger partial charge in [-0.05, 0) is 72.9 Å². The summed E-state index contributed by atoms with van der Waals surface area (Å²) in [5.74, 6) is -1.49. The van der Waals surface area contributed by atoms with Gasteiger partial charge in [-0.1, -0.05) is 36.4 Å². The molecule has 0 spiro atoms. The van der Waals surface area contributed by atoms with Crippen molar-refractivity contribution in [1.82, 2.24) is 0 Å². The predicted molar refractivity (Wildman–Crippen MR) is 114 cm³/mol. The molecule has 3 aromatic carbocycles. The third-order valence-corrected chi connectivity index (χ3v) is 6.55. The molecule has 2 atom stereocenters. The Balaban J connectivity index is 1.93. The molecule has 0 radical (unpaired) electrons. The van der Waals surface area contributed by atoms with Gasteiger partial charge in [0.2, 0.25) is 0 Å². The molecule has 2 nitrogen and oxygen atoms in total. The van der Waals surface area contributed by atoms with Gasteiger partial charge >= 0.3 is 6.18 Å². The van der Waals surface area contributed by atoms with Crippen LogP contribution in [0.15, 0.2) is 42.5 Å². The second-order valence-corrected chi connectivity index (χ2v) is 8.09. The molecule has 3 aromatic rings. The Hall–Kier alpha value is -3.00. The smallest absolute Gasteiger partial charge is 0.377 e. The average molecular weight is 408 g/mol. The maximum atomic E-state index is 14.1. The minimum absolute atomic E-state index is 0.00709. The summed E-state index contributed by atoms with van der Waals surface area (Å²) in [6, 6.07) is 14.7. The third-order valence-electron chi connectivity index (χ3n) is 6.55. The molecule has 0 saturated heterocycles. The summed E-state index contributed by atoms with van der Waals surface area (Å²) in [7, 11) is 0. The molecule has 0 saturated carbocycles. The highest BCUT2D eigenvalue weighted by molar-refractivity contribution is 5.94. The van der Waals surface area contributed by atoms with E-state index in [1.54, 1.807) is 0 Å². The Labute approximate surface area is 174 Å². The lowest BCUT2D eigenvalue weighted by Gasteiger charge is -2.38. The first kappa shape index (κ1) is 20.3. The Morgan fingerprint density at radius 1 is 0.967 bits per heavy atom. The summed E-state index contributed by atoms with van der Waals surface area (Å²) in [5, 5.41) is 14.7. The van der Waals surface area contributed by atoms with Gasteiger partial charge < -0.3 is 5.32 Å². The fraction of sp³-hybridized carbons (Fsp3) is 0.320. The van der Waals surface area contributed by atoms with Crippen LogP contribution in [-0.4, -0.2) is 6.18 Å². The van der Waals surface area contributed by atoms with E-state index in [1.807, 2.05) is 63.2 Å². The third kappa shape index (κ3) is 3.21. The molecule has 0 aromatic heterocycles. The van der Waals surface area contributed by atoms with Crippen LogP contribution in [0, 0.1) is 38.0 Å². The molecule has 154 valence electrons. The van der Waals surface area contributed by atoms with Crippen molar-refractivity contribution in [2.45, 2.75) is 45.8 Å². The van der Waals surface area contributed by atoms with Crippen LogP contribution in [0.2, 0.25) is 0 Å². The van der Waals surface area contributed by atoms with Gasteiger partial charge in [-0.25, -0.2) is 0 Å². The van der Waals surface area contributed by atoms with Crippen LogP contribution in [0.25, 0.3) is 10.8 Å². The monoisotopic (exact) mass is 408 g/mol. The highest BCUT2D eigenvalue weighted by atomic mass is 19.4. The lowest BCUT2D eigenvalue weighted by atomic mass is 9.73. The molecule has 1 N–H and O–H groups in total. The number of hydrogen-bond donors (Lipinski definition) is 1. The highest BCUT2D eigenvalue weighted by Gasteiger charge is 2.48. The van der Waals surface area contributed by atoms with Gasteiger partial charge in [0.25, 0.3) is 0 Å². The van der Waals surface area contributed by atoms with E-state index in [1.165, 1.54) is 0 Å². The molecular weight excluding hydrogens is 385 g/mol. The maximum absolute atomic E-state index is 14.1. The molecule has 4 rings (SSSR count). The Bertz CT molecular complexity index is 1170. The molecule has 5 heteroatoms. The molecular formula is C25H23F3N2. The molecule has 1 aliphatic carbocycles. The average Bonchev–Trinajstić information content (AvgIpc) is 2.72. The Morgan fingerprint density at radius 2 is 1.67 bits per heavy atom. The number of hydrogen-bond acceptors (Lipinski definition) is 2. The van der Waals surface area contributed by atoms with E-state index in [0.29, 0.717) is 23.2 Å². The summed E-state index contributed by atoms with van der Waals surface area (Å²) in [4.78, 5) is 0. The Kier molecular flexibility index (Phi) is 4.97. The number of benzene rings is 3. The SMILES string of the molecule is Cc1c(C)c2c(c(C)c1C#N)CCC(C(F)(F)F)C2Nc1cccc2ccccc12. The van der Waals surface area contributed by atoms with Crippen molar-refractivity contribution in [3.05, 3.63) is 75.8 Å². The number of halogens is 3. The van der Waals surface area contributed by atoms with Crippen molar-refractivity contribution in [3.63, 3.8) is 0 Å². The van der Waals surface area contributed by atoms with Gasteiger partial charge in [0, 0.05) is 11.1 Å². The number of nitrogens with zero attached hydrogens (tertiary/aromatic N) is 1. The minimum atomic E-state index is -4.32. The van der Waals surface area contributed by atoms with Gasteiger partial charge in [0.15, 0.2) is 0 Å². The summed E-state index contributed by atoms with van der Waals surface area (Å²) in [6.45, 7) is 5.52. The second kappa shape index (κ2) is 7.36. The normalized spacial score (nSPS) is 18.7. The molecule has 0 aliphatic heterocycles. The summed E-state index contributed by atoms with van der Waals surface area (Å²) in [6.07, 6.45) is -3.98. The van der Waals surface area contributed by atoms with E-state index in [9.17, 15) is 18.4 Å². The second-order valence-electron chi connectivity index (χ2n) is 8.09. The zero-order chi connectivity index (χ0) is 21.6. The molecule has 0 heterocycles. The molecule has 1 aliphatic rings. The summed E-state index contributed by atoms with van der Waals surface area (Å²) < 4.78 is 42.3. The van der Waals surface area contributed by atoms with Crippen molar-refractivity contribution in [2.75, 3.05) is 5.32 Å². The molecule has 30 heavy (non-hydrogen) atoms. The highest BCUT2D eigenvalue weighted by Crippen LogP contribution is 2.48. The van der Waals surface area contributed by atoms with Gasteiger partial charge in [0.05, 0.1) is 23.6 Å². The molecule has 0 fully saturated rings. The zero-order valence-electron chi connectivity index (χ0n) is 17.2. The van der Waals surface area contributed by atoms with Gasteiger partial charge in [0.1, 0.15) is 0 Å². The Morgan fingerprint density at radius 3 is 2.37 bits per heavy atom. The van der Waals surface area contributed by atoms with Crippen LogP contribution in [0.3, 0.4) is 0 Å². The fourth-order valence-corrected chi connectivity index (χ4v) is 4.87. The van der Waals surface area contributed by atoms with E-state index >= 15 is 0 Å². The summed E-state index contributed by atoms with van der Waals surface area (Å²) in [5.41, 5.74) is 5.21. The van der Waals surface area contributed by atoms with Crippen molar-refractivity contribution < 1.29 is 13.2 Å². The van der Waals surface area contributed by atoms with E-state index in [-0.39, 0.29) is 6.42 Å². The number of alkyl halides is 3. The number of fused-ring (bicyclic) bond motifs is 2. The van der Waals surface area contributed by atoms with Crippen LogP contribution in [0.1, 0.15) is 45.8 Å². The van der Waals surface area contributed by atoms with E-state index in [0.717, 1.165) is 33.0 Å². The molecule has 2 unspecified atom stereocenters. The largest absolute Gasteiger partial charge is 0.394 e. The predicted octanol–water partition coefficient (Wildman–Crippen LogP) is 6.91. The van der Waals surface area contributed by atoms with E-state index in [4.69, 9.17) is 0 Å². The summed E-state index contributed by atoms with van der Waals surface area (Å²) >= 11 is 0. The molecule has 0 bridgehead atoms. The first-order valence-electron chi connectivity index (χ1n) is 10.1. The first-order chi connectivity index (χ1) is 14.2. The molecule has 0 amide bonds. The van der Waals surface area contributed by atoms with Crippen LogP contribution in [0.5, 0.6) is 0 Å². The van der Waals surface area contributed by atoms with Crippen LogP contribution in [0.4, 0.5) is 18.9 Å². The van der Waals surface area contributed by atoms with E-state index in [2.05, 4.69) is 11.4 Å². The quantitative estimate of drug-likeness (QED) is 0.500. The van der Waals surface area contributed by atoms with Crippen LogP contribution < -0.4 is 5.32 Å². The number of rotatable bonds is 2.